The summed E-state index contributed by atoms with van der Waals surface area (Å²) in [6, 6.07) is 20.0. The van der Waals surface area contributed by atoms with Crippen LogP contribution in [-0.2, 0) is 27.3 Å². The van der Waals surface area contributed by atoms with E-state index in [2.05, 4.69) is 65.3 Å². The number of ether oxygens (including phenoxy) is 2. The maximum Gasteiger partial charge on any atom is 0.308 e. The average Bonchev–Trinajstić information content (AvgIpc) is 3.36. The predicted octanol–water partition coefficient (Wildman–Crippen LogP) is 6.63. The number of morpholine rings is 1. The molecule has 5 rings (SSSR count). The Balaban J connectivity index is 0.000000324. The molecule has 0 spiro atoms. The lowest BCUT2D eigenvalue weighted by Crippen LogP contribution is -2.44. The number of aromatic nitrogens is 1. The lowest BCUT2D eigenvalue weighted by Gasteiger charge is -2.26. The molecular formula is C34H39ClFN3O4. The van der Waals surface area contributed by atoms with Crippen molar-refractivity contribution in [3.8, 4) is 5.75 Å². The van der Waals surface area contributed by atoms with Gasteiger partial charge in [0.15, 0.2) is 0 Å². The van der Waals surface area contributed by atoms with Crippen molar-refractivity contribution < 1.29 is 23.5 Å². The molecule has 2 N–H and O–H groups in total. The number of aromatic amines is 1. The zero-order chi connectivity index (χ0) is 30.8. The number of hydrogen-bond donors (Lipinski definition) is 2. The van der Waals surface area contributed by atoms with Crippen LogP contribution in [0.3, 0.4) is 0 Å². The smallest absolute Gasteiger partial charge is 0.308 e. The average molecular weight is 608 g/mol. The fourth-order valence-corrected chi connectivity index (χ4v) is 5.30. The Morgan fingerprint density at radius 3 is 2.42 bits per heavy atom. The molecule has 3 aromatic carbocycles. The van der Waals surface area contributed by atoms with Gasteiger partial charge in [-0.25, -0.2) is 4.39 Å². The van der Waals surface area contributed by atoms with Gasteiger partial charge >= 0.3 is 5.97 Å². The molecule has 4 aromatic rings. The van der Waals surface area contributed by atoms with Gasteiger partial charge in [-0.1, -0.05) is 56.1 Å². The van der Waals surface area contributed by atoms with E-state index in [0.29, 0.717) is 45.1 Å². The molecule has 0 bridgehead atoms. The van der Waals surface area contributed by atoms with Gasteiger partial charge in [-0.2, -0.15) is 0 Å². The van der Waals surface area contributed by atoms with Crippen LogP contribution < -0.4 is 10.1 Å². The highest BCUT2D eigenvalue weighted by Gasteiger charge is 2.19. The van der Waals surface area contributed by atoms with E-state index in [1.165, 1.54) is 59.0 Å². The molecule has 1 aromatic heterocycles. The highest BCUT2D eigenvalue weighted by Crippen LogP contribution is 2.34. The van der Waals surface area contributed by atoms with Gasteiger partial charge in [0.2, 0.25) is 5.91 Å². The fourth-order valence-electron chi connectivity index (χ4n) is 5.13. The summed E-state index contributed by atoms with van der Waals surface area (Å²) in [7, 11) is 0. The van der Waals surface area contributed by atoms with Crippen molar-refractivity contribution in [2.24, 2.45) is 0 Å². The summed E-state index contributed by atoms with van der Waals surface area (Å²) < 4.78 is 22.3. The third-order valence-electron chi connectivity index (χ3n) is 7.36. The molecule has 43 heavy (non-hydrogen) atoms. The minimum absolute atomic E-state index is 0.140. The molecule has 1 amide bonds. The highest BCUT2D eigenvalue weighted by atomic mass is 35.5. The number of aryl methyl sites for hydroxylation is 1. The Morgan fingerprint density at radius 1 is 1.07 bits per heavy atom. The molecule has 7 nitrogen and oxygen atoms in total. The Bertz CT molecular complexity index is 1500. The standard InChI is InChI=1S/C26H32ClN3O2.C8H7FO2/c1-3-4-22-23-15-21(27)9-10-24(23)29-26(22)18(2)20-7-5-19(6-8-20)16-28-17-25(31)30-11-13-32-14-12-30;1-6(10)11-8-4-2-7(9)3-5-8/h5-10,15,18,28-29H,3-4,11-14,16-17H2,1-2H3;2-5H,1H3. The molecule has 0 saturated carbocycles. The molecule has 0 aliphatic carbocycles. The second kappa shape index (κ2) is 15.7. The van der Waals surface area contributed by atoms with Crippen molar-refractivity contribution in [2.75, 3.05) is 32.8 Å². The van der Waals surface area contributed by atoms with E-state index in [0.717, 1.165) is 23.4 Å². The van der Waals surface area contributed by atoms with Crippen LogP contribution in [0.1, 0.15) is 55.5 Å². The maximum absolute atomic E-state index is 12.3. The Hall–Kier alpha value is -3.72. The number of hydrogen-bond acceptors (Lipinski definition) is 5. The van der Waals surface area contributed by atoms with E-state index in [1.807, 2.05) is 11.0 Å². The van der Waals surface area contributed by atoms with E-state index in [-0.39, 0.29) is 17.6 Å². The first-order valence-electron chi connectivity index (χ1n) is 14.6. The molecule has 1 aliphatic heterocycles. The van der Waals surface area contributed by atoms with Crippen LogP contribution in [0.2, 0.25) is 5.02 Å². The number of esters is 1. The molecule has 1 atom stereocenters. The van der Waals surface area contributed by atoms with Crippen molar-refractivity contribution in [3.63, 3.8) is 0 Å². The van der Waals surface area contributed by atoms with Crippen molar-refractivity contribution in [3.05, 3.63) is 100.0 Å². The zero-order valence-corrected chi connectivity index (χ0v) is 25.7. The first kappa shape index (κ1) is 32.2. The highest BCUT2D eigenvalue weighted by molar-refractivity contribution is 6.31. The molecule has 1 fully saturated rings. The number of H-pyrrole nitrogens is 1. The molecule has 1 aliphatic rings. The quantitative estimate of drug-likeness (QED) is 0.165. The van der Waals surface area contributed by atoms with Gasteiger partial charge in [0, 0.05) is 54.1 Å². The van der Waals surface area contributed by atoms with Gasteiger partial charge in [-0.3, -0.25) is 9.59 Å². The van der Waals surface area contributed by atoms with Gasteiger partial charge in [0.05, 0.1) is 19.8 Å². The van der Waals surface area contributed by atoms with Gasteiger partial charge in [-0.05, 0) is 65.6 Å². The number of nitrogens with one attached hydrogen (secondary N) is 2. The van der Waals surface area contributed by atoms with Gasteiger partial charge < -0.3 is 24.7 Å². The first-order chi connectivity index (χ1) is 20.7. The summed E-state index contributed by atoms with van der Waals surface area (Å²) in [5.41, 5.74) is 6.22. The third-order valence-corrected chi connectivity index (χ3v) is 7.59. The Morgan fingerprint density at radius 2 is 1.77 bits per heavy atom. The van der Waals surface area contributed by atoms with E-state index in [1.54, 1.807) is 0 Å². The summed E-state index contributed by atoms with van der Waals surface area (Å²) >= 11 is 6.27. The van der Waals surface area contributed by atoms with Gasteiger partial charge in [0.1, 0.15) is 11.6 Å². The summed E-state index contributed by atoms with van der Waals surface area (Å²) in [5, 5.41) is 5.28. The lowest BCUT2D eigenvalue weighted by atomic mass is 9.92. The predicted molar refractivity (Wildman–Crippen MR) is 168 cm³/mol. The van der Waals surface area contributed by atoms with Crippen LogP contribution >= 0.6 is 11.6 Å². The van der Waals surface area contributed by atoms with E-state index in [9.17, 15) is 14.0 Å². The number of amides is 1. The lowest BCUT2D eigenvalue weighted by molar-refractivity contribution is -0.134. The van der Waals surface area contributed by atoms with Gasteiger partial charge in [0.25, 0.3) is 0 Å². The monoisotopic (exact) mass is 607 g/mol. The minimum atomic E-state index is -0.406. The molecule has 2 heterocycles. The molecule has 0 radical (unpaired) electrons. The molecular weight excluding hydrogens is 569 g/mol. The van der Waals surface area contributed by atoms with Crippen LogP contribution in [0.5, 0.6) is 5.75 Å². The Labute approximate surface area is 257 Å². The van der Waals surface area contributed by atoms with Crippen LogP contribution in [0, 0.1) is 5.82 Å². The topological polar surface area (TPSA) is 83.7 Å². The summed E-state index contributed by atoms with van der Waals surface area (Å²) in [6.07, 6.45) is 2.12. The van der Waals surface area contributed by atoms with Gasteiger partial charge in [-0.15, -0.1) is 0 Å². The molecule has 228 valence electrons. The normalized spacial score (nSPS) is 13.7. The van der Waals surface area contributed by atoms with E-state index >= 15 is 0 Å². The Kier molecular flexibility index (Phi) is 11.7. The van der Waals surface area contributed by atoms with Crippen molar-refractivity contribution in [2.45, 2.75) is 46.1 Å². The van der Waals surface area contributed by atoms with E-state index < -0.39 is 5.97 Å². The number of fused-ring (bicyclic) bond motifs is 1. The zero-order valence-electron chi connectivity index (χ0n) is 24.9. The largest absolute Gasteiger partial charge is 0.427 e. The SMILES string of the molecule is CC(=O)Oc1ccc(F)cc1.CCCc1c(C(C)c2ccc(CNCC(=O)N3CCOCC3)cc2)[nH]c2ccc(Cl)cc12. The van der Waals surface area contributed by atoms with Crippen molar-refractivity contribution in [1.29, 1.82) is 0 Å². The molecule has 1 unspecified atom stereocenters. The number of nitrogens with zero attached hydrogens (tertiary/aromatic N) is 1. The molecule has 9 heteroatoms. The number of benzene rings is 3. The molecule has 1 saturated heterocycles. The van der Waals surface area contributed by atoms with Crippen LogP contribution in [-0.4, -0.2) is 54.6 Å². The third kappa shape index (κ3) is 9.13. The van der Waals surface area contributed by atoms with Crippen LogP contribution in [0.25, 0.3) is 10.9 Å². The minimum Gasteiger partial charge on any atom is -0.427 e. The van der Waals surface area contributed by atoms with Crippen molar-refractivity contribution >= 4 is 34.4 Å². The summed E-state index contributed by atoms with van der Waals surface area (Å²) in [5.74, 6) is 0.00459. The van der Waals surface area contributed by atoms with Crippen LogP contribution in [0.4, 0.5) is 4.39 Å². The number of carbonyl (C=O) groups is 2. The van der Waals surface area contributed by atoms with E-state index in [4.69, 9.17) is 16.3 Å². The van der Waals surface area contributed by atoms with Crippen LogP contribution in [0.15, 0.2) is 66.7 Å². The maximum atomic E-state index is 12.3. The number of rotatable bonds is 9. The number of halogens is 2. The summed E-state index contributed by atoms with van der Waals surface area (Å²) in [6.45, 7) is 9.43. The van der Waals surface area contributed by atoms with Crippen molar-refractivity contribution in [1.82, 2.24) is 15.2 Å². The number of carbonyl (C=O) groups excluding carboxylic acids is 2. The first-order valence-corrected chi connectivity index (χ1v) is 15.0. The fraction of sp³-hybridized carbons (Fsp3) is 0.353. The second-order valence-electron chi connectivity index (χ2n) is 10.6. The second-order valence-corrected chi connectivity index (χ2v) is 11.0. The summed E-state index contributed by atoms with van der Waals surface area (Å²) in [4.78, 5) is 28.2.